The molecule has 17 nitrogen and oxygen atoms in total. The van der Waals surface area contributed by atoms with Crippen LogP contribution in [0.4, 0.5) is 9.59 Å². The molecule has 4 fully saturated rings. The molecule has 4 aliphatic carbocycles. The highest BCUT2D eigenvalue weighted by Gasteiger charge is 2.29. The van der Waals surface area contributed by atoms with Crippen molar-refractivity contribution in [2.75, 3.05) is 0 Å². The van der Waals surface area contributed by atoms with Crippen LogP contribution in [0.2, 0.25) is 0 Å². The Morgan fingerprint density at radius 3 is 1.06 bits per heavy atom. The number of rotatable bonds is 10. The summed E-state index contributed by atoms with van der Waals surface area (Å²) in [7, 11) is 0. The second kappa shape index (κ2) is 27.7. The molecule has 2 amide bonds. The van der Waals surface area contributed by atoms with Crippen LogP contribution >= 0.6 is 109 Å². The zero-order chi connectivity index (χ0) is 46.7. The molecule has 4 aliphatic rings. The zero-order valence-electron chi connectivity index (χ0n) is 35.4. The number of hydrogen-bond donors (Lipinski definition) is 9. The molecule has 0 saturated heterocycles. The highest BCUT2D eigenvalue weighted by Crippen LogP contribution is 2.37. The Kier molecular flexibility index (Phi) is 22.6. The lowest BCUT2D eigenvalue weighted by Gasteiger charge is -2.34. The van der Waals surface area contributed by atoms with Crippen molar-refractivity contribution < 1.29 is 19.2 Å². The zero-order valence-corrected chi connectivity index (χ0v) is 42.8. The number of aromatic amines is 7. The van der Waals surface area contributed by atoms with Gasteiger partial charge >= 0.3 is 0 Å². The Balaban J connectivity index is 0.000000233. The van der Waals surface area contributed by atoms with E-state index < -0.39 is 0 Å². The Labute approximate surface area is 420 Å². The third-order valence-electron chi connectivity index (χ3n) is 12.1. The number of isocyanates is 2. The van der Waals surface area contributed by atoms with Crippen LogP contribution in [-0.2, 0) is 9.59 Å². The van der Waals surface area contributed by atoms with E-state index in [9.17, 15) is 19.2 Å². The van der Waals surface area contributed by atoms with Crippen LogP contribution in [0.25, 0.3) is 0 Å². The fourth-order valence-corrected chi connectivity index (χ4v) is 12.3. The normalized spacial score (nSPS) is 25.0. The van der Waals surface area contributed by atoms with Crippen molar-refractivity contribution in [1.29, 1.82) is 0 Å². The summed E-state index contributed by atoms with van der Waals surface area (Å²) in [6, 6.07) is 0.824. The van der Waals surface area contributed by atoms with Gasteiger partial charge in [0.1, 0.15) is 0 Å². The van der Waals surface area contributed by atoms with Crippen LogP contribution in [0.1, 0.15) is 116 Å². The standard InChI is InChI=1S/C21H28N8O2S6.C15H22N2O2.C3H3N3S3/c30-20(36-18-26-14(32)24-15(33)27-18)22-12-5-1-10(2-6-12)9-11-3-7-13(8-4-11)23-21(31)37-19-28-16(34)25-17(35)29-19;18-10-16-14-5-1-12(2-6-14)9-13-3-7-15(8-4-13)17-11-19;7-1-4-2(8)6-3(9)5-1/h10-13H,1-9H2,(H,22,30)(H,23,31)(H2,24,26,27,32,33)(H2,25,28,29,34,35);12-15H,1-9H2;(H3,4,5,6,7,8,9). The van der Waals surface area contributed by atoms with Crippen molar-refractivity contribution in [2.24, 2.45) is 33.7 Å². The van der Waals surface area contributed by atoms with Crippen LogP contribution in [0.3, 0.4) is 0 Å². The summed E-state index contributed by atoms with van der Waals surface area (Å²) in [4.78, 5) is 80.2. The third-order valence-corrected chi connectivity index (χ3v) is 14.9. The number of hydrogen-bond acceptors (Lipinski definition) is 17. The van der Waals surface area contributed by atoms with Crippen LogP contribution in [0.5, 0.6) is 0 Å². The number of thioether (sulfide) groups is 2. The number of H-pyrrole nitrogens is 7. The molecule has 65 heavy (non-hydrogen) atoms. The maximum atomic E-state index is 12.4. The molecule has 3 heterocycles. The minimum absolute atomic E-state index is 0.144. The molecule has 7 rings (SSSR count). The molecule has 9 N–H and O–H groups in total. The summed E-state index contributed by atoms with van der Waals surface area (Å²) in [6.07, 6.45) is 23.3. The van der Waals surface area contributed by atoms with E-state index in [1.54, 1.807) is 12.2 Å². The van der Waals surface area contributed by atoms with Gasteiger partial charge in [-0.3, -0.25) is 9.59 Å². The molecule has 0 aliphatic heterocycles. The van der Waals surface area contributed by atoms with E-state index in [0.717, 1.165) is 112 Å². The average Bonchev–Trinajstić information content (AvgIpc) is 3.23. The summed E-state index contributed by atoms with van der Waals surface area (Å²) in [5, 5.41) is 6.71. The largest absolute Gasteiger partial charge is 0.344 e. The van der Waals surface area contributed by atoms with E-state index in [4.69, 9.17) is 85.5 Å². The molecule has 352 valence electrons. The highest BCUT2D eigenvalue weighted by molar-refractivity contribution is 8.13. The van der Waals surface area contributed by atoms with Gasteiger partial charge in [0.15, 0.2) is 34.2 Å². The monoisotopic (exact) mass is 1060 g/mol. The number of aromatic nitrogens is 9. The first-order valence-corrected chi connectivity index (χ1v) is 26.2. The van der Waals surface area contributed by atoms with Gasteiger partial charge < -0.3 is 45.5 Å². The van der Waals surface area contributed by atoms with Crippen molar-refractivity contribution >= 4 is 132 Å². The maximum absolute atomic E-state index is 12.4. The van der Waals surface area contributed by atoms with Crippen LogP contribution in [0, 0.1) is 57.1 Å². The number of aliphatic imine (C=N–C) groups is 2. The molecule has 0 spiro atoms. The molecular formula is C39H53N13O4S9. The van der Waals surface area contributed by atoms with Gasteiger partial charge in [-0.15, -0.1) is 0 Å². The Morgan fingerprint density at radius 1 is 0.477 bits per heavy atom. The fraction of sp³-hybridized carbons (Fsp3) is 0.667. The number of amides is 2. The quantitative estimate of drug-likeness (QED) is 0.0396. The molecule has 0 radical (unpaired) electrons. The van der Waals surface area contributed by atoms with E-state index in [0.29, 0.717) is 46.0 Å². The number of nitrogens with one attached hydrogen (secondary N) is 9. The first-order valence-electron chi connectivity index (χ1n) is 21.7. The van der Waals surface area contributed by atoms with Gasteiger partial charge in [-0.1, -0.05) is 0 Å². The van der Waals surface area contributed by atoms with Crippen molar-refractivity contribution in [3.63, 3.8) is 0 Å². The fourth-order valence-electron chi connectivity index (χ4n) is 9.01. The van der Waals surface area contributed by atoms with Gasteiger partial charge in [0.05, 0.1) is 12.1 Å². The second-order valence-corrected chi connectivity index (χ2v) is 21.5. The lowest BCUT2D eigenvalue weighted by molar-refractivity contribution is 0.206. The minimum atomic E-state index is -0.144. The van der Waals surface area contributed by atoms with Gasteiger partial charge in [-0.05, 0) is 225 Å². The van der Waals surface area contributed by atoms with E-state index in [2.05, 4.69) is 65.5 Å². The number of carbonyl (C=O) groups is 2. The first kappa shape index (κ1) is 52.9. The van der Waals surface area contributed by atoms with Crippen LogP contribution < -0.4 is 10.6 Å². The predicted molar refractivity (Wildman–Crippen MR) is 268 cm³/mol. The summed E-state index contributed by atoms with van der Waals surface area (Å²) in [5.41, 5.74) is 0. The Morgan fingerprint density at radius 2 is 0.769 bits per heavy atom. The molecule has 3 aromatic heterocycles. The molecule has 3 aromatic rings. The van der Waals surface area contributed by atoms with Crippen LogP contribution in [-0.4, -0.2) is 91.7 Å². The summed E-state index contributed by atoms with van der Waals surface area (Å²) >= 11 is 36.2. The molecule has 26 heteroatoms. The van der Waals surface area contributed by atoms with Gasteiger partial charge in [-0.25, -0.2) is 19.6 Å². The van der Waals surface area contributed by atoms with E-state index in [1.807, 2.05) is 0 Å². The molecule has 4 saturated carbocycles. The third kappa shape index (κ3) is 20.0. The van der Waals surface area contributed by atoms with Gasteiger partial charge in [0.25, 0.3) is 10.5 Å². The lowest BCUT2D eigenvalue weighted by atomic mass is 9.76. The average molecular weight is 1060 g/mol. The molecule has 0 aromatic carbocycles. The van der Waals surface area contributed by atoms with Gasteiger partial charge in [-0.2, -0.15) is 9.97 Å². The SMILES string of the molecule is O=C(NC1CCC(CC2CCC(NC(=O)Sc3nc(=S)[nH]c(=S)[nH]3)CC2)CC1)Sc1nc(=S)[nH]c(=S)[nH]1.O=C=NC1CCC(CC2CCC(N=C=O)CC2)CC1.S=c1[nH]c(=S)[nH]c(=S)[nH]1. The number of nitrogens with zero attached hydrogens (tertiary/aromatic N) is 4. The summed E-state index contributed by atoms with van der Waals surface area (Å²) in [6.45, 7) is 0. The topological polar surface area (TPSA) is 253 Å². The lowest BCUT2D eigenvalue weighted by Crippen LogP contribution is -2.37. The van der Waals surface area contributed by atoms with Crippen molar-refractivity contribution in [1.82, 2.24) is 55.5 Å². The molecule has 0 unspecified atom stereocenters. The van der Waals surface area contributed by atoms with E-state index in [-0.39, 0.29) is 44.2 Å². The predicted octanol–water partition coefficient (Wildman–Crippen LogP) is 11.5. The van der Waals surface area contributed by atoms with E-state index in [1.165, 1.54) is 38.5 Å². The summed E-state index contributed by atoms with van der Waals surface area (Å²) in [5.74, 6) is 2.98. The Hall–Kier alpha value is -3.03. The van der Waals surface area contributed by atoms with Crippen molar-refractivity contribution in [3.05, 3.63) is 33.4 Å². The molecule has 0 atom stereocenters. The van der Waals surface area contributed by atoms with E-state index >= 15 is 0 Å². The van der Waals surface area contributed by atoms with Crippen LogP contribution in [0.15, 0.2) is 20.3 Å². The smallest absolute Gasteiger partial charge is 0.287 e. The number of carbonyl (C=O) groups excluding carboxylic acids is 4. The maximum Gasteiger partial charge on any atom is 0.287 e. The second-order valence-electron chi connectivity index (χ2n) is 16.7. The first-order chi connectivity index (χ1) is 31.2. The summed E-state index contributed by atoms with van der Waals surface area (Å²) < 4.78 is 2.57. The van der Waals surface area contributed by atoms with Gasteiger partial charge in [0, 0.05) is 35.6 Å². The highest BCUT2D eigenvalue weighted by atomic mass is 32.2. The van der Waals surface area contributed by atoms with Gasteiger partial charge in [0.2, 0.25) is 21.7 Å². The van der Waals surface area contributed by atoms with Crippen molar-refractivity contribution in [2.45, 2.75) is 150 Å². The minimum Gasteiger partial charge on any atom is -0.344 e. The molecular weight excluding hydrogens is 1000 g/mol. The molecule has 0 bridgehead atoms. The Bertz CT molecular complexity index is 2290. The van der Waals surface area contributed by atoms with Crippen molar-refractivity contribution in [3.8, 4) is 0 Å².